The zero-order valence-corrected chi connectivity index (χ0v) is 16.4. The third kappa shape index (κ3) is 4.61. The molecule has 10 heteroatoms. The molecule has 144 valence electrons. The Hall–Kier alpha value is -3.06. The molecule has 0 saturated heterocycles. The van der Waals surface area contributed by atoms with Gasteiger partial charge in [-0.1, -0.05) is 13.8 Å². The number of carbonyl (C=O) groups is 1. The van der Waals surface area contributed by atoms with Crippen LogP contribution >= 0.6 is 9.24 Å². The number of hydrogen-bond acceptors (Lipinski definition) is 6. The zero-order chi connectivity index (χ0) is 20.3. The van der Waals surface area contributed by atoms with Crippen LogP contribution in [0.1, 0.15) is 25.5 Å². The van der Waals surface area contributed by atoms with E-state index in [1.54, 1.807) is 0 Å². The number of anilines is 1. The van der Waals surface area contributed by atoms with E-state index in [0.29, 0.717) is 16.8 Å². The van der Waals surface area contributed by atoms with Crippen LogP contribution in [0.5, 0.6) is 0 Å². The number of amides is 1. The van der Waals surface area contributed by atoms with E-state index in [1.807, 2.05) is 13.8 Å². The summed E-state index contributed by atoms with van der Waals surface area (Å²) >= 11 is 0. The summed E-state index contributed by atoms with van der Waals surface area (Å²) in [5.41, 5.74) is 1.02. The van der Waals surface area contributed by atoms with Crippen LogP contribution < -0.4 is 16.2 Å². The number of nitrogens with one attached hydrogen (secondary N) is 1. The van der Waals surface area contributed by atoms with Crippen LogP contribution in [0.3, 0.4) is 0 Å². The molecule has 0 aromatic carbocycles. The van der Waals surface area contributed by atoms with Crippen molar-refractivity contribution in [3.05, 3.63) is 58.8 Å². The molecular formula is C18H18FN6O2P. The molecule has 0 fully saturated rings. The minimum Gasteiger partial charge on any atom is -0.293 e. The molecule has 1 N–H and O–H groups in total. The maximum absolute atomic E-state index is 13.5. The van der Waals surface area contributed by atoms with E-state index in [1.165, 1.54) is 30.7 Å². The predicted molar refractivity (Wildman–Crippen MR) is 106 cm³/mol. The molecule has 8 nitrogen and oxygen atoms in total. The molecular weight excluding hydrogens is 382 g/mol. The maximum Gasteiger partial charge on any atom is 0.267 e. The van der Waals surface area contributed by atoms with E-state index in [9.17, 15) is 14.0 Å². The summed E-state index contributed by atoms with van der Waals surface area (Å²) in [5, 5.41) is 7.62. The summed E-state index contributed by atoms with van der Waals surface area (Å²) in [5.74, 6) is -0.921. The minimum atomic E-state index is -0.507. The number of nitrogens with zero attached hydrogens (tertiary/aromatic N) is 5. The van der Waals surface area contributed by atoms with Crippen LogP contribution in [-0.4, -0.2) is 30.6 Å². The van der Waals surface area contributed by atoms with Gasteiger partial charge in [0.2, 0.25) is 11.9 Å². The van der Waals surface area contributed by atoms with Crippen molar-refractivity contribution in [2.45, 2.75) is 26.3 Å². The number of carbonyl (C=O) groups excluding carboxylic acids is 1. The van der Waals surface area contributed by atoms with Gasteiger partial charge in [-0.25, -0.2) is 19.0 Å². The van der Waals surface area contributed by atoms with Gasteiger partial charge in [-0.3, -0.25) is 19.9 Å². The van der Waals surface area contributed by atoms with E-state index in [2.05, 4.69) is 34.6 Å². The topological polar surface area (TPSA) is 103 Å². The largest absolute Gasteiger partial charge is 0.293 e. The van der Waals surface area contributed by atoms with Crippen LogP contribution in [0.2, 0.25) is 0 Å². The SMILES string of the molecule is CC(C)c1nn(CC(=O)Nc2ncc(P)cn2)c(=O)cc1-c1cncc(F)c1. The minimum absolute atomic E-state index is 0.0638. The van der Waals surface area contributed by atoms with Crippen LogP contribution in [-0.2, 0) is 11.3 Å². The van der Waals surface area contributed by atoms with Crippen molar-refractivity contribution in [2.75, 3.05) is 5.32 Å². The Morgan fingerprint density at radius 1 is 1.21 bits per heavy atom. The lowest BCUT2D eigenvalue weighted by atomic mass is 9.99. The third-order valence-corrected chi connectivity index (χ3v) is 4.10. The Balaban J connectivity index is 1.90. The molecule has 3 aromatic heterocycles. The van der Waals surface area contributed by atoms with Gasteiger partial charge in [0.15, 0.2) is 0 Å². The van der Waals surface area contributed by atoms with Gasteiger partial charge in [-0.15, -0.1) is 9.24 Å². The standard InChI is InChI=1S/C18H18FN6O2P/c1-10(2)17-14(11-3-12(19)6-20-5-11)4-16(27)25(24-17)9-15(26)23-18-21-7-13(28)8-22-18/h3-8,10H,9,28H2,1-2H3,(H,21,22,23,26). The second-order valence-electron chi connectivity index (χ2n) is 6.37. The molecule has 0 aliphatic heterocycles. The summed E-state index contributed by atoms with van der Waals surface area (Å²) in [6, 6.07) is 2.63. The molecule has 0 spiro atoms. The van der Waals surface area contributed by atoms with Crippen molar-refractivity contribution < 1.29 is 9.18 Å². The second-order valence-corrected chi connectivity index (χ2v) is 7.04. The van der Waals surface area contributed by atoms with Gasteiger partial charge in [0.05, 0.1) is 11.9 Å². The Morgan fingerprint density at radius 3 is 2.57 bits per heavy atom. The molecule has 28 heavy (non-hydrogen) atoms. The Labute approximate surface area is 162 Å². The van der Waals surface area contributed by atoms with Gasteiger partial charge in [0, 0.05) is 41.1 Å². The number of rotatable bonds is 5. The summed E-state index contributed by atoms with van der Waals surface area (Å²) in [6.07, 6.45) is 5.63. The van der Waals surface area contributed by atoms with Crippen LogP contribution in [0.4, 0.5) is 10.3 Å². The van der Waals surface area contributed by atoms with E-state index in [4.69, 9.17) is 0 Å². The Kier molecular flexibility index (Phi) is 5.84. The van der Waals surface area contributed by atoms with E-state index < -0.39 is 17.3 Å². The maximum atomic E-state index is 13.5. The zero-order valence-electron chi connectivity index (χ0n) is 15.3. The van der Waals surface area contributed by atoms with E-state index in [-0.39, 0.29) is 18.4 Å². The monoisotopic (exact) mass is 400 g/mol. The summed E-state index contributed by atoms with van der Waals surface area (Å²) in [4.78, 5) is 36.5. The first-order valence-electron chi connectivity index (χ1n) is 8.44. The highest BCUT2D eigenvalue weighted by atomic mass is 31.0. The molecule has 0 aliphatic carbocycles. The molecule has 3 rings (SSSR count). The predicted octanol–water partition coefficient (Wildman–Crippen LogP) is 1.50. The molecule has 1 unspecified atom stereocenters. The molecule has 0 saturated carbocycles. The fourth-order valence-corrected chi connectivity index (χ4v) is 2.69. The average Bonchev–Trinajstić information content (AvgIpc) is 2.64. The first-order valence-corrected chi connectivity index (χ1v) is 9.01. The van der Waals surface area contributed by atoms with Gasteiger partial charge < -0.3 is 0 Å². The van der Waals surface area contributed by atoms with Crippen molar-refractivity contribution in [3.63, 3.8) is 0 Å². The summed E-state index contributed by atoms with van der Waals surface area (Å²) in [7, 11) is 2.44. The van der Waals surface area contributed by atoms with E-state index in [0.717, 1.165) is 16.2 Å². The quantitative estimate of drug-likeness (QED) is 0.651. The fraction of sp³-hybridized carbons (Fsp3) is 0.222. The van der Waals surface area contributed by atoms with Crippen molar-refractivity contribution in [1.29, 1.82) is 0 Å². The first kappa shape index (κ1) is 19.7. The number of pyridine rings is 1. The Bertz CT molecular complexity index is 1070. The summed E-state index contributed by atoms with van der Waals surface area (Å²) < 4.78 is 14.6. The first-order chi connectivity index (χ1) is 13.3. The lowest BCUT2D eigenvalue weighted by molar-refractivity contribution is -0.117. The molecule has 3 heterocycles. The van der Waals surface area contributed by atoms with E-state index >= 15 is 0 Å². The number of hydrogen-bond donors (Lipinski definition) is 1. The third-order valence-electron chi connectivity index (χ3n) is 3.81. The van der Waals surface area contributed by atoms with Gasteiger partial charge >= 0.3 is 0 Å². The summed E-state index contributed by atoms with van der Waals surface area (Å²) in [6.45, 7) is 3.49. The fourth-order valence-electron chi connectivity index (χ4n) is 2.54. The smallest absolute Gasteiger partial charge is 0.267 e. The molecule has 0 bridgehead atoms. The molecule has 1 amide bonds. The lowest BCUT2D eigenvalue weighted by Crippen LogP contribution is -2.31. The Morgan fingerprint density at radius 2 is 1.93 bits per heavy atom. The molecule has 1 atom stereocenters. The van der Waals surface area contributed by atoms with Crippen molar-refractivity contribution in [2.24, 2.45) is 0 Å². The van der Waals surface area contributed by atoms with Crippen molar-refractivity contribution in [3.8, 4) is 11.1 Å². The molecule has 3 aromatic rings. The van der Waals surface area contributed by atoms with Gasteiger partial charge in [0.25, 0.3) is 5.56 Å². The van der Waals surface area contributed by atoms with Gasteiger partial charge in [-0.2, -0.15) is 5.10 Å². The van der Waals surface area contributed by atoms with Gasteiger partial charge in [0.1, 0.15) is 12.4 Å². The van der Waals surface area contributed by atoms with Crippen molar-refractivity contribution >= 4 is 26.4 Å². The molecule has 0 radical (unpaired) electrons. The van der Waals surface area contributed by atoms with Crippen molar-refractivity contribution in [1.82, 2.24) is 24.7 Å². The van der Waals surface area contributed by atoms with Crippen LogP contribution in [0, 0.1) is 5.82 Å². The van der Waals surface area contributed by atoms with Crippen LogP contribution in [0.15, 0.2) is 41.7 Å². The highest BCUT2D eigenvalue weighted by Gasteiger charge is 2.16. The number of aromatic nitrogens is 5. The van der Waals surface area contributed by atoms with Gasteiger partial charge in [-0.05, 0) is 12.0 Å². The molecule has 0 aliphatic rings. The van der Waals surface area contributed by atoms with Crippen LogP contribution in [0.25, 0.3) is 11.1 Å². The lowest BCUT2D eigenvalue weighted by Gasteiger charge is -2.14. The average molecular weight is 400 g/mol. The highest BCUT2D eigenvalue weighted by Crippen LogP contribution is 2.26. The number of halogens is 1. The second kappa shape index (κ2) is 8.31. The highest BCUT2D eigenvalue weighted by molar-refractivity contribution is 7.27. The normalized spacial score (nSPS) is 10.9.